The van der Waals surface area contributed by atoms with Crippen molar-refractivity contribution in [3.63, 3.8) is 0 Å². The van der Waals surface area contributed by atoms with Crippen LogP contribution in [0.25, 0.3) is 6.08 Å². The van der Waals surface area contributed by atoms with Crippen molar-refractivity contribution in [1.29, 1.82) is 0 Å². The average molecular weight is 204 g/mol. The van der Waals surface area contributed by atoms with Gasteiger partial charge in [0, 0.05) is 0 Å². The van der Waals surface area contributed by atoms with Gasteiger partial charge < -0.3 is 11.5 Å². The number of hydrogen-bond acceptors (Lipinski definition) is 2. The largest absolute Gasteiger partial charge is 0.405 e. The lowest BCUT2D eigenvalue weighted by molar-refractivity contribution is 0.771. The third-order valence-electron chi connectivity index (χ3n) is 2.72. The van der Waals surface area contributed by atoms with Crippen molar-refractivity contribution in [2.75, 3.05) is 6.54 Å². The molecule has 1 rings (SSSR count). The lowest BCUT2D eigenvalue weighted by Crippen LogP contribution is -2.10. The molecule has 4 N–H and O–H groups in total. The van der Waals surface area contributed by atoms with Gasteiger partial charge in [0.25, 0.3) is 0 Å². The number of hydrogen-bond donors (Lipinski definition) is 2. The first-order valence-electron chi connectivity index (χ1n) is 5.44. The van der Waals surface area contributed by atoms with Crippen molar-refractivity contribution in [2.24, 2.45) is 11.5 Å². The molecule has 0 heterocycles. The second-order valence-corrected chi connectivity index (χ2v) is 3.81. The molecule has 0 saturated carbocycles. The Labute approximate surface area is 92.0 Å². The Kier molecular flexibility index (Phi) is 4.37. The smallest absolute Gasteiger partial charge is 0.00107 e. The van der Waals surface area contributed by atoms with Gasteiger partial charge in [0.05, 0.1) is 0 Å². The van der Waals surface area contributed by atoms with Gasteiger partial charge in [-0.15, -0.1) is 0 Å². The summed E-state index contributed by atoms with van der Waals surface area (Å²) in [5.41, 5.74) is 14.9. The highest BCUT2D eigenvalue weighted by Gasteiger charge is 2.07. The van der Waals surface area contributed by atoms with Gasteiger partial charge in [0.1, 0.15) is 0 Å². The third kappa shape index (κ3) is 2.83. The Morgan fingerprint density at radius 1 is 1.40 bits per heavy atom. The molecular formula is C13H20N2. The molecule has 0 amide bonds. The van der Waals surface area contributed by atoms with E-state index in [9.17, 15) is 0 Å². The summed E-state index contributed by atoms with van der Waals surface area (Å²) in [7, 11) is 0. The molecule has 82 valence electrons. The van der Waals surface area contributed by atoms with E-state index in [4.69, 9.17) is 11.5 Å². The minimum Gasteiger partial charge on any atom is -0.405 e. The van der Waals surface area contributed by atoms with Gasteiger partial charge >= 0.3 is 0 Å². The molecule has 0 aliphatic rings. The fourth-order valence-electron chi connectivity index (χ4n) is 1.67. The lowest BCUT2D eigenvalue weighted by Gasteiger charge is -2.13. The van der Waals surface area contributed by atoms with Gasteiger partial charge in [0.15, 0.2) is 0 Å². The summed E-state index contributed by atoms with van der Waals surface area (Å²) >= 11 is 0. The zero-order chi connectivity index (χ0) is 11.3. The minimum absolute atomic E-state index is 0.377. The quantitative estimate of drug-likeness (QED) is 0.790. The summed E-state index contributed by atoms with van der Waals surface area (Å²) in [6, 6.07) is 6.51. The Morgan fingerprint density at radius 3 is 2.67 bits per heavy atom. The maximum Gasteiger partial charge on any atom is -0.00107 e. The number of rotatable bonds is 4. The number of nitrogens with two attached hydrogens (primary N) is 2. The van der Waals surface area contributed by atoms with Crippen LogP contribution in [0.1, 0.15) is 36.5 Å². The minimum atomic E-state index is 0.377. The molecule has 0 spiro atoms. The van der Waals surface area contributed by atoms with Crippen molar-refractivity contribution in [3.05, 3.63) is 41.1 Å². The van der Waals surface area contributed by atoms with Crippen LogP contribution < -0.4 is 11.5 Å². The van der Waals surface area contributed by atoms with Gasteiger partial charge in [-0.25, -0.2) is 0 Å². The second-order valence-electron chi connectivity index (χ2n) is 3.81. The van der Waals surface area contributed by atoms with Crippen LogP contribution in [0.3, 0.4) is 0 Å². The van der Waals surface area contributed by atoms with Crippen molar-refractivity contribution >= 4 is 6.08 Å². The van der Waals surface area contributed by atoms with E-state index in [1.165, 1.54) is 16.7 Å². The van der Waals surface area contributed by atoms with Gasteiger partial charge in [-0.2, -0.15) is 0 Å². The van der Waals surface area contributed by atoms with Gasteiger partial charge in [-0.3, -0.25) is 0 Å². The Balaban J connectivity index is 3.14. The van der Waals surface area contributed by atoms with E-state index in [1.54, 1.807) is 6.20 Å². The Bertz CT molecular complexity index is 342. The topological polar surface area (TPSA) is 52.0 Å². The van der Waals surface area contributed by atoms with Crippen LogP contribution in [0, 0.1) is 0 Å². The summed E-state index contributed by atoms with van der Waals surface area (Å²) in [4.78, 5) is 0. The van der Waals surface area contributed by atoms with Crippen LogP contribution in [0.4, 0.5) is 0 Å². The Morgan fingerprint density at radius 2 is 2.13 bits per heavy atom. The van der Waals surface area contributed by atoms with Crippen LogP contribution >= 0.6 is 0 Å². The summed E-state index contributed by atoms with van der Waals surface area (Å²) in [6.45, 7) is 4.95. The van der Waals surface area contributed by atoms with Crippen molar-refractivity contribution in [1.82, 2.24) is 0 Å². The second kappa shape index (κ2) is 5.56. The van der Waals surface area contributed by atoms with Crippen LogP contribution in [0.2, 0.25) is 0 Å². The highest BCUT2D eigenvalue weighted by atomic mass is 14.5. The van der Waals surface area contributed by atoms with Gasteiger partial charge in [0.2, 0.25) is 0 Å². The maximum atomic E-state index is 5.68. The Hall–Kier alpha value is -1.28. The van der Waals surface area contributed by atoms with Crippen LogP contribution in [0.15, 0.2) is 24.4 Å². The van der Waals surface area contributed by atoms with E-state index in [1.807, 2.05) is 6.08 Å². The highest BCUT2D eigenvalue weighted by molar-refractivity contribution is 5.55. The van der Waals surface area contributed by atoms with Crippen molar-refractivity contribution < 1.29 is 0 Å². The zero-order valence-corrected chi connectivity index (χ0v) is 9.53. The molecule has 15 heavy (non-hydrogen) atoms. The number of aryl methyl sites for hydroxylation is 1. The van der Waals surface area contributed by atoms with E-state index in [0.717, 1.165) is 6.42 Å². The van der Waals surface area contributed by atoms with Crippen LogP contribution in [0.5, 0.6) is 0 Å². The first-order chi connectivity index (χ1) is 7.22. The van der Waals surface area contributed by atoms with E-state index >= 15 is 0 Å². The van der Waals surface area contributed by atoms with E-state index in [0.29, 0.717) is 12.5 Å². The fraction of sp³-hybridized carbons (Fsp3) is 0.385. The molecule has 2 nitrogen and oxygen atoms in total. The number of benzene rings is 1. The molecule has 0 aromatic heterocycles. The summed E-state index contributed by atoms with van der Waals surface area (Å²) in [5, 5.41) is 0. The van der Waals surface area contributed by atoms with E-state index < -0.39 is 0 Å². The van der Waals surface area contributed by atoms with E-state index in [2.05, 4.69) is 32.0 Å². The van der Waals surface area contributed by atoms with Crippen molar-refractivity contribution in [3.8, 4) is 0 Å². The maximum absolute atomic E-state index is 5.68. The molecule has 0 aliphatic heterocycles. The average Bonchev–Trinajstić information content (AvgIpc) is 2.28. The molecule has 1 unspecified atom stereocenters. The van der Waals surface area contributed by atoms with Crippen molar-refractivity contribution in [2.45, 2.75) is 26.2 Å². The molecule has 1 atom stereocenters. The van der Waals surface area contributed by atoms with E-state index in [-0.39, 0.29) is 0 Å². The predicted molar refractivity (Wildman–Crippen MR) is 66.5 cm³/mol. The third-order valence-corrected chi connectivity index (χ3v) is 2.72. The van der Waals surface area contributed by atoms with Crippen LogP contribution in [-0.2, 0) is 6.42 Å². The SMILES string of the molecule is CCc1ccc(C(C)CN)c(/C=C\N)c1. The molecule has 0 fully saturated rings. The highest BCUT2D eigenvalue weighted by Crippen LogP contribution is 2.22. The summed E-state index contributed by atoms with van der Waals surface area (Å²) in [5.74, 6) is 0.377. The standard InChI is InChI=1S/C13H20N2/c1-3-11-4-5-13(10(2)9-15)12(8-11)6-7-14/h4-8,10H,3,9,14-15H2,1-2H3/b7-6-. The van der Waals surface area contributed by atoms with Gasteiger partial charge in [-0.05, 0) is 47.8 Å². The first-order valence-corrected chi connectivity index (χ1v) is 5.44. The monoisotopic (exact) mass is 204 g/mol. The molecule has 0 aliphatic carbocycles. The first kappa shape index (κ1) is 11.8. The molecule has 0 bridgehead atoms. The molecule has 1 aromatic carbocycles. The summed E-state index contributed by atoms with van der Waals surface area (Å²) < 4.78 is 0. The lowest BCUT2D eigenvalue weighted by atomic mass is 9.93. The fourth-order valence-corrected chi connectivity index (χ4v) is 1.67. The zero-order valence-electron chi connectivity index (χ0n) is 9.53. The molecule has 2 heteroatoms. The molecule has 0 saturated heterocycles. The molecule has 0 radical (unpaired) electrons. The molecule has 1 aromatic rings. The molecular weight excluding hydrogens is 184 g/mol. The predicted octanol–water partition coefficient (Wildman–Crippen LogP) is 2.24. The summed E-state index contributed by atoms with van der Waals surface area (Å²) in [6.07, 6.45) is 4.57. The normalized spacial score (nSPS) is 13.3. The van der Waals surface area contributed by atoms with Gasteiger partial charge in [-0.1, -0.05) is 32.0 Å². The van der Waals surface area contributed by atoms with Crippen LogP contribution in [-0.4, -0.2) is 6.54 Å².